The predicted molar refractivity (Wildman–Crippen MR) is 53.6 cm³/mol. The fraction of sp³-hybridized carbons (Fsp3) is 0.455. The van der Waals surface area contributed by atoms with Gasteiger partial charge in [-0.05, 0) is 12.1 Å². The van der Waals surface area contributed by atoms with E-state index in [9.17, 15) is 5.11 Å². The lowest BCUT2D eigenvalue weighted by Gasteiger charge is -2.26. The summed E-state index contributed by atoms with van der Waals surface area (Å²) in [5.74, 6) is 0.769. The molecule has 0 saturated carbocycles. The summed E-state index contributed by atoms with van der Waals surface area (Å²) >= 11 is 0. The third kappa shape index (κ3) is 2.47. The van der Waals surface area contributed by atoms with E-state index in [0.717, 1.165) is 11.3 Å². The summed E-state index contributed by atoms with van der Waals surface area (Å²) < 4.78 is 15.8. The van der Waals surface area contributed by atoms with Crippen molar-refractivity contribution in [3.05, 3.63) is 29.8 Å². The van der Waals surface area contributed by atoms with E-state index in [-0.39, 0.29) is 0 Å². The smallest absolute Gasteiger partial charge is 0.184 e. The summed E-state index contributed by atoms with van der Waals surface area (Å²) in [5.41, 5.74) is 0.904. The lowest BCUT2D eigenvalue weighted by molar-refractivity contribution is -0.220. The Morgan fingerprint density at radius 3 is 2.73 bits per heavy atom. The monoisotopic (exact) mass is 210 g/mol. The average Bonchev–Trinajstić information content (AvgIpc) is 2.30. The molecule has 0 amide bonds. The van der Waals surface area contributed by atoms with Gasteiger partial charge < -0.3 is 19.3 Å². The van der Waals surface area contributed by atoms with E-state index in [0.29, 0.717) is 13.2 Å². The van der Waals surface area contributed by atoms with Crippen LogP contribution in [0.3, 0.4) is 0 Å². The summed E-state index contributed by atoms with van der Waals surface area (Å²) in [7, 11) is 1.62. The first-order valence-electron chi connectivity index (χ1n) is 4.85. The van der Waals surface area contributed by atoms with Crippen LogP contribution in [0, 0.1) is 0 Å². The van der Waals surface area contributed by atoms with Crippen LogP contribution in [0.2, 0.25) is 0 Å². The van der Waals surface area contributed by atoms with Crippen molar-refractivity contribution in [3.63, 3.8) is 0 Å². The molecule has 1 aliphatic rings. The molecule has 1 N–H and O–H groups in total. The van der Waals surface area contributed by atoms with Gasteiger partial charge in [0.05, 0.1) is 20.3 Å². The summed E-state index contributed by atoms with van der Waals surface area (Å²) in [6.45, 7) is 0.615. The normalized spacial score (nSPS) is 26.3. The highest BCUT2D eigenvalue weighted by molar-refractivity contribution is 5.29. The van der Waals surface area contributed by atoms with Crippen LogP contribution in [0.25, 0.3) is 0 Å². The van der Waals surface area contributed by atoms with Crippen molar-refractivity contribution in [1.82, 2.24) is 0 Å². The molecular weight excluding hydrogens is 196 g/mol. The van der Waals surface area contributed by atoms with E-state index in [2.05, 4.69) is 0 Å². The van der Waals surface area contributed by atoms with Crippen molar-refractivity contribution in [2.24, 2.45) is 0 Å². The van der Waals surface area contributed by atoms with Gasteiger partial charge in [-0.15, -0.1) is 0 Å². The SMILES string of the molecule is COc1cccc(C2OCC(O)CO2)c1. The molecule has 1 heterocycles. The molecule has 0 unspecified atom stereocenters. The zero-order valence-electron chi connectivity index (χ0n) is 8.55. The molecule has 2 rings (SSSR count). The van der Waals surface area contributed by atoms with Gasteiger partial charge in [0.1, 0.15) is 11.9 Å². The van der Waals surface area contributed by atoms with E-state index in [4.69, 9.17) is 14.2 Å². The quantitative estimate of drug-likeness (QED) is 0.794. The number of rotatable bonds is 2. The van der Waals surface area contributed by atoms with Crippen molar-refractivity contribution >= 4 is 0 Å². The molecule has 82 valence electrons. The van der Waals surface area contributed by atoms with Crippen molar-refractivity contribution in [2.75, 3.05) is 20.3 Å². The van der Waals surface area contributed by atoms with Gasteiger partial charge in [-0.2, -0.15) is 0 Å². The molecule has 1 aromatic rings. The van der Waals surface area contributed by atoms with Crippen LogP contribution < -0.4 is 4.74 Å². The molecule has 15 heavy (non-hydrogen) atoms. The molecule has 0 spiro atoms. The summed E-state index contributed by atoms with van der Waals surface area (Å²) in [6, 6.07) is 7.51. The maximum atomic E-state index is 9.20. The number of aliphatic hydroxyl groups excluding tert-OH is 1. The first-order valence-corrected chi connectivity index (χ1v) is 4.85. The minimum absolute atomic E-state index is 0.307. The molecule has 4 heteroatoms. The first kappa shape index (κ1) is 10.4. The molecule has 4 nitrogen and oxygen atoms in total. The number of methoxy groups -OCH3 is 1. The Labute approximate surface area is 88.4 Å². The Kier molecular flexibility index (Phi) is 3.20. The Morgan fingerprint density at radius 1 is 1.33 bits per heavy atom. The van der Waals surface area contributed by atoms with Crippen molar-refractivity contribution in [3.8, 4) is 5.75 Å². The molecule has 0 atom stereocenters. The highest BCUT2D eigenvalue weighted by atomic mass is 16.7. The molecule has 1 saturated heterocycles. The molecule has 0 radical (unpaired) electrons. The first-order chi connectivity index (χ1) is 7.29. The number of aliphatic hydroxyl groups is 1. The van der Waals surface area contributed by atoms with Crippen LogP contribution in [0.4, 0.5) is 0 Å². The van der Waals surface area contributed by atoms with Gasteiger partial charge in [0.25, 0.3) is 0 Å². The lowest BCUT2D eigenvalue weighted by Crippen LogP contribution is -2.30. The minimum Gasteiger partial charge on any atom is -0.497 e. The van der Waals surface area contributed by atoms with E-state index >= 15 is 0 Å². The number of hydrogen-bond acceptors (Lipinski definition) is 4. The Morgan fingerprint density at radius 2 is 2.07 bits per heavy atom. The number of hydrogen-bond donors (Lipinski definition) is 1. The Hall–Kier alpha value is -1.10. The molecular formula is C11H14O4. The van der Waals surface area contributed by atoms with Crippen LogP contribution >= 0.6 is 0 Å². The second-order valence-corrected chi connectivity index (χ2v) is 3.43. The maximum absolute atomic E-state index is 9.20. The third-order valence-electron chi connectivity index (χ3n) is 2.25. The van der Waals surface area contributed by atoms with E-state index in [1.165, 1.54) is 0 Å². The molecule has 0 aliphatic carbocycles. The van der Waals surface area contributed by atoms with Crippen LogP contribution in [0.15, 0.2) is 24.3 Å². The average molecular weight is 210 g/mol. The largest absolute Gasteiger partial charge is 0.497 e. The number of benzene rings is 1. The van der Waals surface area contributed by atoms with E-state index in [1.54, 1.807) is 7.11 Å². The topological polar surface area (TPSA) is 47.9 Å². The van der Waals surface area contributed by atoms with Crippen molar-refractivity contribution in [1.29, 1.82) is 0 Å². The molecule has 1 aromatic carbocycles. The molecule has 1 fully saturated rings. The van der Waals surface area contributed by atoms with E-state index < -0.39 is 12.4 Å². The predicted octanol–water partition coefficient (Wildman–Crippen LogP) is 1.10. The van der Waals surface area contributed by atoms with Crippen LogP contribution in [0.5, 0.6) is 5.75 Å². The van der Waals surface area contributed by atoms with Gasteiger partial charge in [0.2, 0.25) is 0 Å². The lowest BCUT2D eigenvalue weighted by atomic mass is 10.2. The fourth-order valence-corrected chi connectivity index (χ4v) is 1.47. The van der Waals surface area contributed by atoms with Gasteiger partial charge in [-0.25, -0.2) is 0 Å². The second-order valence-electron chi connectivity index (χ2n) is 3.43. The minimum atomic E-state index is -0.521. The molecule has 1 aliphatic heterocycles. The van der Waals surface area contributed by atoms with Gasteiger partial charge >= 0.3 is 0 Å². The standard InChI is InChI=1S/C11H14O4/c1-13-10-4-2-3-8(5-10)11-14-6-9(12)7-15-11/h2-5,9,11-12H,6-7H2,1H3. The highest BCUT2D eigenvalue weighted by Crippen LogP contribution is 2.25. The van der Waals surface area contributed by atoms with Crippen LogP contribution in [-0.2, 0) is 9.47 Å². The number of ether oxygens (including phenoxy) is 3. The Balaban J connectivity index is 2.08. The van der Waals surface area contributed by atoms with Gasteiger partial charge in [-0.3, -0.25) is 0 Å². The summed E-state index contributed by atoms with van der Waals surface area (Å²) in [4.78, 5) is 0. The summed E-state index contributed by atoms with van der Waals surface area (Å²) in [5, 5.41) is 9.20. The van der Waals surface area contributed by atoms with Crippen molar-refractivity contribution < 1.29 is 19.3 Å². The maximum Gasteiger partial charge on any atom is 0.184 e. The van der Waals surface area contributed by atoms with Gasteiger partial charge in [-0.1, -0.05) is 12.1 Å². The van der Waals surface area contributed by atoms with Gasteiger partial charge in [0, 0.05) is 5.56 Å². The van der Waals surface area contributed by atoms with Crippen LogP contribution in [0.1, 0.15) is 11.9 Å². The second kappa shape index (κ2) is 4.61. The Bertz CT molecular complexity index is 318. The fourth-order valence-electron chi connectivity index (χ4n) is 1.47. The van der Waals surface area contributed by atoms with E-state index in [1.807, 2.05) is 24.3 Å². The van der Waals surface area contributed by atoms with Crippen LogP contribution in [-0.4, -0.2) is 31.5 Å². The molecule has 0 bridgehead atoms. The summed E-state index contributed by atoms with van der Waals surface area (Å²) in [6.07, 6.45) is -0.921. The molecule has 0 aromatic heterocycles. The zero-order chi connectivity index (χ0) is 10.7. The van der Waals surface area contributed by atoms with Gasteiger partial charge in [0.15, 0.2) is 6.29 Å². The zero-order valence-corrected chi connectivity index (χ0v) is 8.55. The highest BCUT2D eigenvalue weighted by Gasteiger charge is 2.21. The third-order valence-corrected chi connectivity index (χ3v) is 2.25. The van der Waals surface area contributed by atoms with Crippen molar-refractivity contribution in [2.45, 2.75) is 12.4 Å².